The van der Waals surface area contributed by atoms with Gasteiger partial charge in [0.25, 0.3) is 0 Å². The molecule has 1 atom stereocenters. The van der Waals surface area contributed by atoms with Crippen LogP contribution in [0.25, 0.3) is 0 Å². The monoisotopic (exact) mass is 414 g/mol. The molecule has 21 heavy (non-hydrogen) atoms. The minimum Gasteiger partial charge on any atom is -0.496 e. The van der Waals surface area contributed by atoms with Gasteiger partial charge in [-0.05, 0) is 68.1 Å². The number of ether oxygens (including phenoxy) is 2. The van der Waals surface area contributed by atoms with Gasteiger partial charge in [-0.25, -0.2) is 0 Å². The largest absolute Gasteiger partial charge is 0.496 e. The second-order valence-electron chi connectivity index (χ2n) is 4.51. The van der Waals surface area contributed by atoms with E-state index in [4.69, 9.17) is 9.47 Å². The van der Waals surface area contributed by atoms with E-state index in [0.29, 0.717) is 17.9 Å². The summed E-state index contributed by atoms with van der Waals surface area (Å²) in [6.07, 6.45) is 0.262. The van der Waals surface area contributed by atoms with Crippen LogP contribution < -0.4 is 9.47 Å². The van der Waals surface area contributed by atoms with Crippen LogP contribution in [0.3, 0.4) is 0 Å². The Balaban J connectivity index is 2.20. The van der Waals surface area contributed by atoms with E-state index in [9.17, 15) is 5.11 Å². The van der Waals surface area contributed by atoms with Crippen molar-refractivity contribution in [3.8, 4) is 17.2 Å². The van der Waals surface area contributed by atoms with Crippen molar-refractivity contribution >= 4 is 31.9 Å². The smallest absolute Gasteiger partial charge is 0.143 e. The van der Waals surface area contributed by atoms with Crippen molar-refractivity contribution in [2.45, 2.75) is 19.4 Å². The predicted octanol–water partition coefficient (Wildman–Crippen LogP) is 5.46. The van der Waals surface area contributed by atoms with Gasteiger partial charge in [-0.1, -0.05) is 19.1 Å². The molecule has 0 radical (unpaired) electrons. The molecule has 0 heterocycles. The highest BCUT2D eigenvalue weighted by molar-refractivity contribution is 9.11. The van der Waals surface area contributed by atoms with E-state index in [-0.39, 0.29) is 0 Å². The Kier molecular flexibility index (Phi) is 5.67. The highest BCUT2D eigenvalue weighted by Gasteiger charge is 2.10. The van der Waals surface area contributed by atoms with Gasteiger partial charge in [0.2, 0.25) is 0 Å². The van der Waals surface area contributed by atoms with E-state index in [2.05, 4.69) is 31.9 Å². The molecule has 2 aromatic rings. The maximum atomic E-state index is 9.78. The fourth-order valence-electron chi connectivity index (χ4n) is 1.87. The molecule has 2 rings (SSSR count). The molecule has 0 bridgehead atoms. The summed E-state index contributed by atoms with van der Waals surface area (Å²) < 4.78 is 12.7. The molecule has 0 amide bonds. The predicted molar refractivity (Wildman–Crippen MR) is 90.2 cm³/mol. The Morgan fingerprint density at radius 2 is 1.62 bits per heavy atom. The molecular weight excluding hydrogens is 400 g/mol. The number of aliphatic hydroxyl groups excluding tert-OH is 1. The zero-order valence-corrected chi connectivity index (χ0v) is 14.9. The van der Waals surface area contributed by atoms with E-state index in [1.165, 1.54) is 0 Å². The second-order valence-corrected chi connectivity index (χ2v) is 6.22. The first-order chi connectivity index (χ1) is 10.0. The van der Waals surface area contributed by atoms with Crippen molar-refractivity contribution in [1.29, 1.82) is 0 Å². The molecule has 0 aliphatic carbocycles. The molecule has 0 aliphatic rings. The van der Waals surface area contributed by atoms with Crippen LogP contribution in [0.4, 0.5) is 0 Å². The van der Waals surface area contributed by atoms with Crippen LogP contribution in [-0.2, 0) is 0 Å². The highest BCUT2D eigenvalue weighted by Crippen LogP contribution is 2.38. The van der Waals surface area contributed by atoms with E-state index in [0.717, 1.165) is 20.3 Å². The Hall–Kier alpha value is -1.04. The summed E-state index contributed by atoms with van der Waals surface area (Å²) in [5.41, 5.74) is 0.889. The fraction of sp³-hybridized carbons (Fsp3) is 0.250. The summed E-state index contributed by atoms with van der Waals surface area (Å²) in [4.78, 5) is 0. The van der Waals surface area contributed by atoms with Gasteiger partial charge in [0.1, 0.15) is 17.2 Å². The average molecular weight is 416 g/mol. The van der Waals surface area contributed by atoms with Gasteiger partial charge in [-0.15, -0.1) is 0 Å². The standard InChI is InChI=1S/C16H16Br2O3/c1-3-14(19)10-4-6-11(7-5-10)21-16-9-12(17)15(20-2)8-13(16)18/h4-9,14,19H,3H2,1-2H3/t14-/m0/s1. The maximum Gasteiger partial charge on any atom is 0.143 e. The Bertz CT molecular complexity index is 612. The summed E-state index contributed by atoms with van der Waals surface area (Å²) in [6, 6.07) is 11.1. The maximum absolute atomic E-state index is 9.78. The Labute approximate surface area is 141 Å². The zero-order valence-electron chi connectivity index (χ0n) is 11.8. The molecule has 0 aliphatic heterocycles. The minimum atomic E-state index is -0.430. The normalized spacial score (nSPS) is 12.0. The Morgan fingerprint density at radius 3 is 2.19 bits per heavy atom. The lowest BCUT2D eigenvalue weighted by atomic mass is 10.1. The van der Waals surface area contributed by atoms with Crippen LogP contribution in [0.2, 0.25) is 0 Å². The lowest BCUT2D eigenvalue weighted by Crippen LogP contribution is -1.95. The van der Waals surface area contributed by atoms with Crippen molar-refractivity contribution in [3.63, 3.8) is 0 Å². The van der Waals surface area contributed by atoms with Crippen molar-refractivity contribution in [2.24, 2.45) is 0 Å². The molecule has 112 valence electrons. The van der Waals surface area contributed by atoms with Crippen molar-refractivity contribution in [2.75, 3.05) is 7.11 Å². The van der Waals surface area contributed by atoms with E-state index < -0.39 is 6.10 Å². The lowest BCUT2D eigenvalue weighted by Gasteiger charge is -2.12. The number of hydrogen-bond acceptors (Lipinski definition) is 3. The van der Waals surface area contributed by atoms with E-state index in [1.807, 2.05) is 43.3 Å². The second kappa shape index (κ2) is 7.29. The zero-order chi connectivity index (χ0) is 15.4. The van der Waals surface area contributed by atoms with Crippen LogP contribution in [0.15, 0.2) is 45.3 Å². The van der Waals surface area contributed by atoms with Crippen LogP contribution in [0, 0.1) is 0 Å². The van der Waals surface area contributed by atoms with Crippen molar-refractivity contribution < 1.29 is 14.6 Å². The summed E-state index contributed by atoms with van der Waals surface area (Å²) in [5.74, 6) is 2.13. The topological polar surface area (TPSA) is 38.7 Å². The van der Waals surface area contributed by atoms with Crippen molar-refractivity contribution in [3.05, 3.63) is 50.9 Å². The highest BCUT2D eigenvalue weighted by atomic mass is 79.9. The Morgan fingerprint density at radius 1 is 1.05 bits per heavy atom. The molecular formula is C16H16Br2O3. The first-order valence-electron chi connectivity index (χ1n) is 6.54. The summed E-state index contributed by atoms with van der Waals surface area (Å²) in [6.45, 7) is 1.95. The molecule has 0 aromatic heterocycles. The third kappa shape index (κ3) is 3.99. The minimum absolute atomic E-state index is 0.430. The van der Waals surface area contributed by atoms with Gasteiger partial charge in [0, 0.05) is 0 Å². The van der Waals surface area contributed by atoms with Gasteiger partial charge in [0.15, 0.2) is 0 Å². The molecule has 0 fully saturated rings. The third-order valence-corrected chi connectivity index (χ3v) is 4.33. The van der Waals surface area contributed by atoms with Crippen LogP contribution in [0.5, 0.6) is 17.2 Å². The molecule has 1 N–H and O–H groups in total. The quantitative estimate of drug-likeness (QED) is 0.704. The SMILES string of the molecule is CC[C@H](O)c1ccc(Oc2cc(Br)c(OC)cc2Br)cc1. The lowest BCUT2D eigenvalue weighted by molar-refractivity contribution is 0.173. The summed E-state index contributed by atoms with van der Waals surface area (Å²) in [7, 11) is 1.62. The van der Waals surface area contributed by atoms with E-state index in [1.54, 1.807) is 7.11 Å². The first kappa shape index (κ1) is 16.3. The fourth-order valence-corrected chi connectivity index (χ4v) is 2.75. The van der Waals surface area contributed by atoms with E-state index >= 15 is 0 Å². The number of halogens is 2. The van der Waals surface area contributed by atoms with Crippen LogP contribution in [0.1, 0.15) is 25.0 Å². The van der Waals surface area contributed by atoms with Crippen LogP contribution in [-0.4, -0.2) is 12.2 Å². The molecule has 3 nitrogen and oxygen atoms in total. The van der Waals surface area contributed by atoms with Crippen molar-refractivity contribution in [1.82, 2.24) is 0 Å². The molecule has 5 heteroatoms. The number of methoxy groups -OCH3 is 1. The van der Waals surface area contributed by atoms with Crippen LogP contribution >= 0.6 is 31.9 Å². The van der Waals surface area contributed by atoms with Gasteiger partial charge >= 0.3 is 0 Å². The number of aliphatic hydroxyl groups is 1. The molecule has 0 saturated carbocycles. The molecule has 0 saturated heterocycles. The average Bonchev–Trinajstić information content (AvgIpc) is 2.50. The van der Waals surface area contributed by atoms with Gasteiger partial charge in [-0.3, -0.25) is 0 Å². The molecule has 2 aromatic carbocycles. The van der Waals surface area contributed by atoms with Gasteiger partial charge in [-0.2, -0.15) is 0 Å². The number of hydrogen-bond donors (Lipinski definition) is 1. The summed E-state index contributed by atoms with van der Waals surface area (Å²) in [5, 5.41) is 9.78. The first-order valence-corrected chi connectivity index (χ1v) is 8.12. The van der Waals surface area contributed by atoms with Gasteiger partial charge in [0.05, 0.1) is 22.2 Å². The molecule has 0 unspecified atom stereocenters. The number of benzene rings is 2. The molecule has 0 spiro atoms. The summed E-state index contributed by atoms with van der Waals surface area (Å²) >= 11 is 6.90. The third-order valence-electron chi connectivity index (χ3n) is 3.09. The number of rotatable bonds is 5. The van der Waals surface area contributed by atoms with Gasteiger partial charge < -0.3 is 14.6 Å².